The van der Waals surface area contributed by atoms with Crippen LogP contribution in [0.5, 0.6) is 5.75 Å². The molecule has 0 saturated heterocycles. The fraction of sp³-hybridized carbons (Fsp3) is 0.167. The van der Waals surface area contributed by atoms with Crippen molar-refractivity contribution < 1.29 is 17.7 Å². The summed E-state index contributed by atoms with van der Waals surface area (Å²) in [4.78, 5) is 0. The van der Waals surface area contributed by atoms with Crippen LogP contribution in [-0.2, 0) is 15.9 Å². The Labute approximate surface area is 170 Å². The molecule has 4 rings (SSSR count). The predicted molar refractivity (Wildman–Crippen MR) is 118 cm³/mol. The molecule has 1 aliphatic carbocycles. The van der Waals surface area contributed by atoms with Crippen LogP contribution in [0.2, 0.25) is 0 Å². The zero-order valence-corrected chi connectivity index (χ0v) is 17.2. The van der Waals surface area contributed by atoms with Crippen LogP contribution >= 0.6 is 0 Å². The zero-order valence-electron chi connectivity index (χ0n) is 16.3. The summed E-state index contributed by atoms with van der Waals surface area (Å²) in [7, 11) is -2.35. The maximum atomic E-state index is 11.1. The van der Waals surface area contributed by atoms with Gasteiger partial charge in [0.1, 0.15) is 11.5 Å². The van der Waals surface area contributed by atoms with Gasteiger partial charge >= 0.3 is 0 Å². The van der Waals surface area contributed by atoms with Gasteiger partial charge in [-0.05, 0) is 64.6 Å². The molecule has 5 heteroatoms. The van der Waals surface area contributed by atoms with Crippen molar-refractivity contribution in [2.24, 2.45) is 0 Å². The zero-order chi connectivity index (χ0) is 20.6. The topological polar surface area (TPSA) is 63.6 Å². The molecule has 0 saturated carbocycles. The van der Waals surface area contributed by atoms with Crippen molar-refractivity contribution in [3.63, 3.8) is 0 Å². The van der Waals surface area contributed by atoms with Gasteiger partial charge < -0.3 is 4.74 Å². The third-order valence-corrected chi connectivity index (χ3v) is 5.88. The standard InChI is InChI=1S/C24H22O4S/c1-16-3-5-22(11-16)23-14-21(9-10-24(23)28-2)20-8-7-18-12-17(15-29(25,26)27)4-6-19(18)13-20/h3-4,6-14H,5,15H2,1-2H3,(H,25,26,27). The molecule has 1 aliphatic rings. The highest BCUT2D eigenvalue weighted by atomic mass is 32.2. The minimum absolute atomic E-state index is 0.380. The van der Waals surface area contributed by atoms with Gasteiger partial charge in [0.15, 0.2) is 0 Å². The van der Waals surface area contributed by atoms with Gasteiger partial charge in [-0.25, -0.2) is 0 Å². The Bertz CT molecular complexity index is 1270. The predicted octanol–water partition coefficient (Wildman–Crippen LogP) is 5.64. The van der Waals surface area contributed by atoms with E-state index >= 15 is 0 Å². The first-order chi connectivity index (χ1) is 13.8. The molecule has 0 bridgehead atoms. The average Bonchev–Trinajstić information content (AvgIpc) is 3.12. The molecule has 1 N–H and O–H groups in total. The first-order valence-corrected chi connectivity index (χ1v) is 11.0. The van der Waals surface area contributed by atoms with Crippen molar-refractivity contribution >= 4 is 26.5 Å². The normalized spacial score (nSPS) is 14.0. The van der Waals surface area contributed by atoms with E-state index in [-0.39, 0.29) is 5.75 Å². The van der Waals surface area contributed by atoms with E-state index < -0.39 is 10.1 Å². The molecule has 3 aromatic carbocycles. The molecule has 4 nitrogen and oxygen atoms in total. The highest BCUT2D eigenvalue weighted by Crippen LogP contribution is 2.36. The summed E-state index contributed by atoms with van der Waals surface area (Å²) in [6.45, 7) is 2.10. The third-order valence-electron chi connectivity index (χ3n) is 5.18. The van der Waals surface area contributed by atoms with Gasteiger partial charge in [0.25, 0.3) is 10.1 Å². The van der Waals surface area contributed by atoms with Crippen LogP contribution in [0.1, 0.15) is 24.5 Å². The minimum Gasteiger partial charge on any atom is -0.496 e. The van der Waals surface area contributed by atoms with E-state index in [1.54, 1.807) is 19.2 Å². The molecule has 0 spiro atoms. The van der Waals surface area contributed by atoms with Crippen molar-refractivity contribution in [2.45, 2.75) is 19.1 Å². The van der Waals surface area contributed by atoms with Crippen molar-refractivity contribution in [1.82, 2.24) is 0 Å². The van der Waals surface area contributed by atoms with E-state index in [1.165, 1.54) is 11.1 Å². The lowest BCUT2D eigenvalue weighted by Gasteiger charge is -2.13. The number of rotatable bonds is 5. The number of hydrogen-bond acceptors (Lipinski definition) is 3. The van der Waals surface area contributed by atoms with Gasteiger partial charge in [0.2, 0.25) is 0 Å². The number of benzene rings is 3. The van der Waals surface area contributed by atoms with E-state index in [0.717, 1.165) is 39.6 Å². The van der Waals surface area contributed by atoms with Crippen LogP contribution < -0.4 is 4.74 Å². The molecule has 0 radical (unpaired) electrons. The Morgan fingerprint density at radius 3 is 2.34 bits per heavy atom. The van der Waals surface area contributed by atoms with Gasteiger partial charge in [-0.15, -0.1) is 0 Å². The van der Waals surface area contributed by atoms with E-state index in [0.29, 0.717) is 5.56 Å². The second-order valence-corrected chi connectivity index (χ2v) is 8.81. The van der Waals surface area contributed by atoms with Gasteiger partial charge in [-0.1, -0.05) is 54.1 Å². The Kier molecular flexibility index (Phi) is 5.03. The van der Waals surface area contributed by atoms with Crippen molar-refractivity contribution in [3.05, 3.63) is 83.4 Å². The van der Waals surface area contributed by atoms with Crippen molar-refractivity contribution in [1.29, 1.82) is 0 Å². The lowest BCUT2D eigenvalue weighted by molar-refractivity contribution is 0.413. The fourth-order valence-electron chi connectivity index (χ4n) is 3.76. The quantitative estimate of drug-likeness (QED) is 0.557. The number of ether oxygens (including phenoxy) is 1. The highest BCUT2D eigenvalue weighted by molar-refractivity contribution is 7.85. The van der Waals surface area contributed by atoms with E-state index in [9.17, 15) is 8.42 Å². The molecular formula is C24H22O4S. The summed E-state index contributed by atoms with van der Waals surface area (Å²) >= 11 is 0. The molecule has 148 valence electrons. The van der Waals surface area contributed by atoms with Gasteiger partial charge in [-0.3, -0.25) is 4.55 Å². The van der Waals surface area contributed by atoms with Gasteiger partial charge in [0.05, 0.1) is 7.11 Å². The van der Waals surface area contributed by atoms with Gasteiger partial charge in [-0.2, -0.15) is 8.42 Å². The van der Waals surface area contributed by atoms with E-state index in [4.69, 9.17) is 9.29 Å². The Morgan fingerprint density at radius 1 is 0.966 bits per heavy atom. The van der Waals surface area contributed by atoms with Crippen LogP contribution in [0.15, 0.2) is 72.3 Å². The second-order valence-electron chi connectivity index (χ2n) is 7.36. The Morgan fingerprint density at radius 2 is 1.66 bits per heavy atom. The average molecular weight is 407 g/mol. The molecule has 0 amide bonds. The lowest BCUT2D eigenvalue weighted by Crippen LogP contribution is -2.01. The molecule has 0 unspecified atom stereocenters. The maximum Gasteiger partial charge on any atom is 0.269 e. The van der Waals surface area contributed by atoms with Crippen molar-refractivity contribution in [2.75, 3.05) is 7.11 Å². The first kappa shape index (κ1) is 19.4. The number of hydrogen-bond donors (Lipinski definition) is 1. The highest BCUT2D eigenvalue weighted by Gasteiger charge is 2.14. The SMILES string of the molecule is COc1ccc(-c2ccc3cc(CS(=O)(=O)O)ccc3c2)cc1C1=CC(C)=CC1. The summed E-state index contributed by atoms with van der Waals surface area (Å²) in [5, 5.41) is 1.94. The summed E-state index contributed by atoms with van der Waals surface area (Å²) < 4.78 is 36.9. The monoisotopic (exact) mass is 406 g/mol. The summed E-state index contributed by atoms with van der Waals surface area (Å²) in [5.74, 6) is 0.480. The Balaban J connectivity index is 1.73. The van der Waals surface area contributed by atoms with E-state index in [1.807, 2.05) is 30.3 Å². The largest absolute Gasteiger partial charge is 0.496 e. The summed E-state index contributed by atoms with van der Waals surface area (Å²) in [6.07, 6.45) is 5.31. The number of fused-ring (bicyclic) bond motifs is 1. The molecular weight excluding hydrogens is 384 g/mol. The molecule has 0 fully saturated rings. The molecule has 0 aromatic heterocycles. The van der Waals surface area contributed by atoms with Crippen LogP contribution in [0, 0.1) is 0 Å². The summed E-state index contributed by atoms with van der Waals surface area (Å²) in [6, 6.07) is 17.7. The molecule has 0 atom stereocenters. The van der Waals surface area contributed by atoms with E-state index in [2.05, 4.69) is 31.2 Å². The number of allylic oxidation sites excluding steroid dienone is 4. The lowest BCUT2D eigenvalue weighted by atomic mass is 9.95. The van der Waals surface area contributed by atoms with Gasteiger partial charge in [0, 0.05) is 5.56 Å². The molecule has 29 heavy (non-hydrogen) atoms. The van der Waals surface area contributed by atoms with Crippen LogP contribution in [0.4, 0.5) is 0 Å². The third kappa shape index (κ3) is 4.26. The van der Waals surface area contributed by atoms with Crippen LogP contribution in [-0.4, -0.2) is 20.1 Å². The minimum atomic E-state index is -4.04. The fourth-order valence-corrected chi connectivity index (χ4v) is 4.37. The Hall–Kier alpha value is -2.89. The van der Waals surface area contributed by atoms with Crippen LogP contribution in [0.25, 0.3) is 27.5 Å². The maximum absolute atomic E-state index is 11.1. The smallest absolute Gasteiger partial charge is 0.269 e. The van der Waals surface area contributed by atoms with Crippen LogP contribution in [0.3, 0.4) is 0 Å². The van der Waals surface area contributed by atoms with Crippen molar-refractivity contribution in [3.8, 4) is 16.9 Å². The molecule has 3 aromatic rings. The number of methoxy groups -OCH3 is 1. The second kappa shape index (κ2) is 7.50. The molecule has 0 heterocycles. The first-order valence-electron chi connectivity index (χ1n) is 9.36. The summed E-state index contributed by atoms with van der Waals surface area (Å²) in [5.41, 5.74) is 6.34. The molecule has 0 aliphatic heterocycles.